The number of nitrogens with zero attached hydrogens (tertiary/aromatic N) is 2. The summed E-state index contributed by atoms with van der Waals surface area (Å²) in [6.45, 7) is 4.91. The van der Waals surface area contributed by atoms with Gasteiger partial charge >= 0.3 is 0 Å². The summed E-state index contributed by atoms with van der Waals surface area (Å²) in [4.78, 5) is 27.9. The molecule has 1 aliphatic heterocycles. The Kier molecular flexibility index (Phi) is 6.94. The van der Waals surface area contributed by atoms with Crippen LogP contribution >= 0.6 is 0 Å². The number of nitrogens with two attached hydrogens (primary N) is 1. The lowest BCUT2D eigenvalue weighted by molar-refractivity contribution is -0.117. The normalized spacial score (nSPS) is 15.6. The van der Waals surface area contributed by atoms with Gasteiger partial charge in [0.25, 0.3) is 0 Å². The first kappa shape index (κ1) is 19.8. The fourth-order valence-electron chi connectivity index (χ4n) is 3.15. The second-order valence-corrected chi connectivity index (χ2v) is 6.88. The molecule has 1 aliphatic rings. The van der Waals surface area contributed by atoms with Crippen molar-refractivity contribution < 1.29 is 9.59 Å². The standard InChI is InChI=1S/C22H26N4O2/c23-22(28)19-8-10-20(11-9-19)24-21(27)17-26-15-13-25(14-16-26)12-4-7-18-5-2-1-3-6-18/h1-11H,12-17H2,(H2,23,28)(H,24,27). The molecule has 0 atom stereocenters. The molecule has 1 heterocycles. The summed E-state index contributed by atoms with van der Waals surface area (Å²) in [6, 6.07) is 16.9. The van der Waals surface area contributed by atoms with Crippen LogP contribution in [-0.2, 0) is 4.79 Å². The molecule has 1 saturated heterocycles. The van der Waals surface area contributed by atoms with Crippen LogP contribution in [0, 0.1) is 0 Å². The van der Waals surface area contributed by atoms with E-state index in [9.17, 15) is 9.59 Å². The second-order valence-electron chi connectivity index (χ2n) is 6.88. The number of amides is 2. The first-order valence-corrected chi connectivity index (χ1v) is 9.46. The molecule has 0 radical (unpaired) electrons. The van der Waals surface area contributed by atoms with Crippen molar-refractivity contribution in [1.29, 1.82) is 0 Å². The number of carbonyl (C=O) groups excluding carboxylic acids is 2. The Hall–Kier alpha value is -2.96. The number of nitrogens with one attached hydrogen (secondary N) is 1. The zero-order chi connectivity index (χ0) is 19.8. The number of primary amides is 1. The number of hydrogen-bond donors (Lipinski definition) is 2. The lowest BCUT2D eigenvalue weighted by Crippen LogP contribution is -2.48. The quantitative estimate of drug-likeness (QED) is 0.773. The predicted octanol–water partition coefficient (Wildman–Crippen LogP) is 2.05. The SMILES string of the molecule is NC(=O)c1ccc(NC(=O)CN2CCN(CC=Cc3ccccc3)CC2)cc1. The van der Waals surface area contributed by atoms with Gasteiger partial charge < -0.3 is 11.1 Å². The third-order valence-corrected chi connectivity index (χ3v) is 4.76. The molecule has 1 fully saturated rings. The minimum absolute atomic E-state index is 0.0516. The number of carbonyl (C=O) groups is 2. The minimum Gasteiger partial charge on any atom is -0.366 e. The molecule has 2 aromatic carbocycles. The van der Waals surface area contributed by atoms with Crippen LogP contribution in [0.15, 0.2) is 60.7 Å². The molecule has 0 spiro atoms. The largest absolute Gasteiger partial charge is 0.366 e. The summed E-state index contributed by atoms with van der Waals surface area (Å²) in [5.41, 5.74) is 7.52. The molecule has 0 aromatic heterocycles. The van der Waals surface area contributed by atoms with Crippen LogP contribution < -0.4 is 11.1 Å². The average molecular weight is 378 g/mol. The van der Waals surface area contributed by atoms with E-state index in [0.717, 1.165) is 32.7 Å². The number of anilines is 1. The molecule has 28 heavy (non-hydrogen) atoms. The van der Waals surface area contributed by atoms with Crippen molar-refractivity contribution in [2.24, 2.45) is 5.73 Å². The highest BCUT2D eigenvalue weighted by atomic mass is 16.2. The third-order valence-electron chi connectivity index (χ3n) is 4.76. The van der Waals surface area contributed by atoms with Gasteiger partial charge in [0, 0.05) is 44.0 Å². The summed E-state index contributed by atoms with van der Waals surface area (Å²) in [5.74, 6) is -0.529. The fourth-order valence-corrected chi connectivity index (χ4v) is 3.15. The van der Waals surface area contributed by atoms with Crippen LogP contribution in [-0.4, -0.2) is 60.9 Å². The Morgan fingerprint density at radius 2 is 1.57 bits per heavy atom. The topological polar surface area (TPSA) is 78.7 Å². The fraction of sp³-hybridized carbons (Fsp3) is 0.273. The summed E-state index contributed by atoms with van der Waals surface area (Å²) in [5, 5.41) is 2.86. The van der Waals surface area contributed by atoms with E-state index in [2.05, 4.69) is 39.4 Å². The van der Waals surface area contributed by atoms with E-state index in [0.29, 0.717) is 17.8 Å². The molecule has 0 unspecified atom stereocenters. The van der Waals surface area contributed by atoms with E-state index >= 15 is 0 Å². The smallest absolute Gasteiger partial charge is 0.248 e. The van der Waals surface area contributed by atoms with Crippen LogP contribution in [0.2, 0.25) is 0 Å². The number of piperazine rings is 1. The van der Waals surface area contributed by atoms with E-state index in [4.69, 9.17) is 5.73 Å². The zero-order valence-corrected chi connectivity index (χ0v) is 15.9. The van der Waals surface area contributed by atoms with Gasteiger partial charge in [0.2, 0.25) is 11.8 Å². The summed E-state index contributed by atoms with van der Waals surface area (Å²) >= 11 is 0. The Labute approximate surface area is 165 Å². The minimum atomic E-state index is -0.477. The Morgan fingerprint density at radius 1 is 0.929 bits per heavy atom. The Morgan fingerprint density at radius 3 is 2.21 bits per heavy atom. The van der Waals surface area contributed by atoms with Crippen LogP contribution in [0.3, 0.4) is 0 Å². The van der Waals surface area contributed by atoms with Crippen molar-refractivity contribution in [2.45, 2.75) is 0 Å². The molecule has 3 rings (SSSR count). The first-order valence-electron chi connectivity index (χ1n) is 9.46. The molecule has 0 saturated carbocycles. The molecule has 2 aromatic rings. The molecule has 3 N–H and O–H groups in total. The first-order chi connectivity index (χ1) is 13.6. The van der Waals surface area contributed by atoms with Gasteiger partial charge in [0.05, 0.1) is 6.54 Å². The van der Waals surface area contributed by atoms with Gasteiger partial charge in [-0.2, -0.15) is 0 Å². The average Bonchev–Trinajstić information content (AvgIpc) is 2.70. The summed E-state index contributed by atoms with van der Waals surface area (Å²) < 4.78 is 0. The highest BCUT2D eigenvalue weighted by Gasteiger charge is 2.18. The Balaban J connectivity index is 1.38. The Bertz CT molecular complexity index is 810. The van der Waals surface area contributed by atoms with Crippen molar-refractivity contribution in [3.63, 3.8) is 0 Å². The molecule has 6 heteroatoms. The van der Waals surface area contributed by atoms with E-state index in [1.807, 2.05) is 18.2 Å². The lowest BCUT2D eigenvalue weighted by atomic mass is 10.2. The molecule has 146 valence electrons. The number of benzene rings is 2. The number of hydrogen-bond acceptors (Lipinski definition) is 4. The van der Waals surface area contributed by atoms with Gasteiger partial charge in [-0.1, -0.05) is 42.5 Å². The van der Waals surface area contributed by atoms with Crippen molar-refractivity contribution in [1.82, 2.24) is 9.80 Å². The molecule has 2 amide bonds. The highest BCUT2D eigenvalue weighted by molar-refractivity contribution is 5.95. The maximum absolute atomic E-state index is 12.2. The van der Waals surface area contributed by atoms with Crippen molar-refractivity contribution in [2.75, 3.05) is 44.6 Å². The summed E-state index contributed by atoms with van der Waals surface area (Å²) in [7, 11) is 0. The van der Waals surface area contributed by atoms with Crippen LogP contribution in [0.1, 0.15) is 15.9 Å². The van der Waals surface area contributed by atoms with Gasteiger partial charge in [0.1, 0.15) is 0 Å². The molecule has 6 nitrogen and oxygen atoms in total. The van der Waals surface area contributed by atoms with Crippen LogP contribution in [0.4, 0.5) is 5.69 Å². The lowest BCUT2D eigenvalue weighted by Gasteiger charge is -2.33. The second kappa shape index (κ2) is 9.82. The molecular formula is C22H26N4O2. The highest BCUT2D eigenvalue weighted by Crippen LogP contribution is 2.10. The molecular weight excluding hydrogens is 352 g/mol. The molecule has 0 bridgehead atoms. The monoisotopic (exact) mass is 378 g/mol. The third kappa shape index (κ3) is 6.04. The van der Waals surface area contributed by atoms with Crippen molar-refractivity contribution in [3.05, 3.63) is 71.8 Å². The van der Waals surface area contributed by atoms with Crippen LogP contribution in [0.5, 0.6) is 0 Å². The van der Waals surface area contributed by atoms with Gasteiger partial charge in [0.15, 0.2) is 0 Å². The van der Waals surface area contributed by atoms with Crippen molar-refractivity contribution >= 4 is 23.6 Å². The van der Waals surface area contributed by atoms with Crippen molar-refractivity contribution in [3.8, 4) is 0 Å². The number of rotatable bonds is 7. The predicted molar refractivity (Wildman–Crippen MR) is 112 cm³/mol. The zero-order valence-electron chi connectivity index (χ0n) is 15.9. The van der Waals surface area contributed by atoms with Crippen LogP contribution in [0.25, 0.3) is 6.08 Å². The van der Waals surface area contributed by atoms with Gasteiger partial charge in [-0.15, -0.1) is 0 Å². The van der Waals surface area contributed by atoms with Gasteiger partial charge in [-0.25, -0.2) is 0 Å². The molecule has 0 aliphatic carbocycles. The van der Waals surface area contributed by atoms with E-state index in [-0.39, 0.29) is 5.91 Å². The van der Waals surface area contributed by atoms with E-state index in [1.54, 1.807) is 24.3 Å². The maximum atomic E-state index is 12.2. The summed E-state index contributed by atoms with van der Waals surface area (Å²) in [6.07, 6.45) is 4.33. The van der Waals surface area contributed by atoms with Gasteiger partial charge in [-0.3, -0.25) is 19.4 Å². The maximum Gasteiger partial charge on any atom is 0.248 e. The van der Waals surface area contributed by atoms with Gasteiger partial charge in [-0.05, 0) is 29.8 Å². The van der Waals surface area contributed by atoms with E-state index < -0.39 is 5.91 Å². The van der Waals surface area contributed by atoms with E-state index in [1.165, 1.54) is 5.56 Å².